The predicted molar refractivity (Wildman–Crippen MR) is 138 cm³/mol. The van der Waals surface area contributed by atoms with Crippen LogP contribution in [0.4, 0.5) is 5.69 Å². The number of fused-ring (bicyclic) bond motifs is 2. The topological polar surface area (TPSA) is 41.6 Å². The maximum absolute atomic E-state index is 13.5. The van der Waals surface area contributed by atoms with Crippen molar-refractivity contribution in [3.63, 3.8) is 0 Å². The van der Waals surface area contributed by atoms with Crippen LogP contribution in [0.15, 0.2) is 104 Å². The largest absolute Gasteiger partial charge is 0.493 e. The van der Waals surface area contributed by atoms with Crippen LogP contribution in [-0.2, 0) is 6.42 Å². The molecule has 1 unspecified atom stereocenters. The summed E-state index contributed by atoms with van der Waals surface area (Å²) in [5, 5.41) is 5.79. The van der Waals surface area contributed by atoms with Crippen molar-refractivity contribution in [1.82, 2.24) is 4.90 Å². The van der Waals surface area contributed by atoms with Crippen molar-refractivity contribution in [2.24, 2.45) is 0 Å². The minimum Gasteiger partial charge on any atom is -0.493 e. The molecular formula is C30H28N2O2. The summed E-state index contributed by atoms with van der Waals surface area (Å²) in [6.45, 7) is 4.92. The highest BCUT2D eigenvalue weighted by molar-refractivity contribution is 6.02. The first kappa shape index (κ1) is 21.8. The summed E-state index contributed by atoms with van der Waals surface area (Å²) >= 11 is 0. The number of amides is 1. The van der Waals surface area contributed by atoms with Crippen molar-refractivity contribution >= 4 is 22.4 Å². The number of ether oxygens (including phenoxy) is 1. The Balaban J connectivity index is 1.50. The summed E-state index contributed by atoms with van der Waals surface area (Å²) < 4.78 is 6.37. The Kier molecular flexibility index (Phi) is 6.30. The number of aryl methyl sites for hydroxylation is 1. The zero-order chi connectivity index (χ0) is 23.3. The Morgan fingerprint density at radius 1 is 0.912 bits per heavy atom. The van der Waals surface area contributed by atoms with E-state index in [4.69, 9.17) is 4.74 Å². The molecule has 1 amide bonds. The summed E-state index contributed by atoms with van der Waals surface area (Å²) in [5.74, 6) is 0.785. The maximum Gasteiger partial charge on any atom is 0.258 e. The average Bonchev–Trinajstić information content (AvgIpc) is 2.89. The second-order valence-electron chi connectivity index (χ2n) is 8.47. The van der Waals surface area contributed by atoms with Crippen molar-refractivity contribution in [3.05, 3.63) is 120 Å². The van der Waals surface area contributed by atoms with Crippen LogP contribution < -0.4 is 10.1 Å². The monoisotopic (exact) mass is 448 g/mol. The highest BCUT2D eigenvalue weighted by atomic mass is 16.5. The van der Waals surface area contributed by atoms with Gasteiger partial charge in [-0.05, 0) is 47.4 Å². The van der Waals surface area contributed by atoms with Crippen LogP contribution in [0.3, 0.4) is 0 Å². The molecule has 1 atom stereocenters. The molecule has 5 rings (SSSR count). The molecule has 0 radical (unpaired) electrons. The summed E-state index contributed by atoms with van der Waals surface area (Å²) in [6, 6.07) is 30.5. The number of para-hydroxylation sites is 1. The van der Waals surface area contributed by atoms with Crippen LogP contribution in [0, 0.1) is 0 Å². The van der Waals surface area contributed by atoms with Gasteiger partial charge in [-0.15, -0.1) is 6.58 Å². The van der Waals surface area contributed by atoms with Crippen LogP contribution in [0.2, 0.25) is 0 Å². The van der Waals surface area contributed by atoms with Crippen LogP contribution in [-0.4, -0.2) is 24.0 Å². The molecule has 1 aliphatic heterocycles. The standard InChI is InChI=1S/C30H28N2O2/c1-2-20-32-29(31-26-17-9-8-16-25(26)30(32)33)28-24-15-7-6-14-23(24)18-19-27(28)34-21-10-13-22-11-4-3-5-12-22/h2-9,11-12,14-19,29,31H,1,10,13,20-21H2. The van der Waals surface area contributed by atoms with Crippen LogP contribution >= 0.6 is 0 Å². The molecule has 34 heavy (non-hydrogen) atoms. The lowest BCUT2D eigenvalue weighted by Crippen LogP contribution is -2.43. The quantitative estimate of drug-likeness (QED) is 0.244. The molecule has 4 aromatic rings. The summed E-state index contributed by atoms with van der Waals surface area (Å²) in [7, 11) is 0. The molecule has 170 valence electrons. The van der Waals surface area contributed by atoms with E-state index in [1.165, 1.54) is 5.56 Å². The lowest BCUT2D eigenvalue weighted by molar-refractivity contribution is 0.0706. The zero-order valence-corrected chi connectivity index (χ0v) is 19.1. The minimum absolute atomic E-state index is 0.0118. The zero-order valence-electron chi connectivity index (χ0n) is 19.1. The van der Waals surface area contributed by atoms with Crippen molar-refractivity contribution < 1.29 is 9.53 Å². The Morgan fingerprint density at radius 3 is 2.53 bits per heavy atom. The number of carbonyl (C=O) groups excluding carboxylic acids is 1. The number of hydrogen-bond acceptors (Lipinski definition) is 3. The third-order valence-electron chi connectivity index (χ3n) is 6.26. The Hall–Kier alpha value is -4.05. The summed E-state index contributed by atoms with van der Waals surface area (Å²) in [5.41, 5.74) is 3.78. The van der Waals surface area contributed by atoms with Crippen molar-refractivity contribution in [1.29, 1.82) is 0 Å². The molecule has 0 aromatic heterocycles. The number of nitrogens with zero attached hydrogens (tertiary/aromatic N) is 1. The molecule has 4 aromatic carbocycles. The molecule has 4 nitrogen and oxygen atoms in total. The smallest absolute Gasteiger partial charge is 0.258 e. The number of nitrogens with one attached hydrogen (secondary N) is 1. The van der Waals surface area contributed by atoms with Crippen LogP contribution in [0.5, 0.6) is 5.75 Å². The fourth-order valence-electron chi connectivity index (χ4n) is 4.63. The fourth-order valence-corrected chi connectivity index (χ4v) is 4.63. The van der Waals surface area contributed by atoms with Gasteiger partial charge in [0, 0.05) is 17.8 Å². The molecule has 0 saturated carbocycles. The first-order chi connectivity index (χ1) is 16.8. The first-order valence-corrected chi connectivity index (χ1v) is 11.7. The predicted octanol–water partition coefficient (Wildman–Crippen LogP) is 6.60. The number of carbonyl (C=O) groups is 1. The van der Waals surface area contributed by atoms with E-state index >= 15 is 0 Å². The van der Waals surface area contributed by atoms with Gasteiger partial charge in [-0.2, -0.15) is 0 Å². The van der Waals surface area contributed by atoms with E-state index < -0.39 is 0 Å². The molecule has 0 fully saturated rings. The van der Waals surface area contributed by atoms with E-state index in [0.29, 0.717) is 18.7 Å². The number of anilines is 1. The molecular weight excluding hydrogens is 420 g/mol. The van der Waals surface area contributed by atoms with E-state index in [9.17, 15) is 4.79 Å². The number of benzene rings is 4. The highest BCUT2D eigenvalue weighted by Gasteiger charge is 2.34. The summed E-state index contributed by atoms with van der Waals surface area (Å²) in [4.78, 5) is 15.3. The first-order valence-electron chi connectivity index (χ1n) is 11.7. The van der Waals surface area contributed by atoms with Gasteiger partial charge in [0.2, 0.25) is 0 Å². The average molecular weight is 449 g/mol. The van der Waals surface area contributed by atoms with E-state index in [1.54, 1.807) is 6.08 Å². The lowest BCUT2D eigenvalue weighted by Gasteiger charge is -2.38. The van der Waals surface area contributed by atoms with Gasteiger partial charge in [0.25, 0.3) is 5.91 Å². The Bertz CT molecular complexity index is 1320. The van der Waals surface area contributed by atoms with Gasteiger partial charge in [-0.25, -0.2) is 0 Å². The van der Waals surface area contributed by atoms with Crippen molar-refractivity contribution in [2.45, 2.75) is 19.0 Å². The molecule has 0 spiro atoms. The number of rotatable bonds is 8. The molecule has 0 bridgehead atoms. The second-order valence-corrected chi connectivity index (χ2v) is 8.47. The van der Waals surface area contributed by atoms with Gasteiger partial charge >= 0.3 is 0 Å². The number of hydrogen-bond donors (Lipinski definition) is 1. The van der Waals surface area contributed by atoms with Gasteiger partial charge in [0.1, 0.15) is 11.9 Å². The third kappa shape index (κ3) is 4.27. The molecule has 1 N–H and O–H groups in total. The normalized spacial score (nSPS) is 15.0. The van der Waals surface area contributed by atoms with Gasteiger partial charge in [-0.3, -0.25) is 4.79 Å². The molecule has 4 heteroatoms. The Labute approximate surface area is 200 Å². The highest BCUT2D eigenvalue weighted by Crippen LogP contribution is 2.40. The van der Waals surface area contributed by atoms with Gasteiger partial charge in [0.05, 0.1) is 12.2 Å². The van der Waals surface area contributed by atoms with E-state index in [2.05, 4.69) is 54.4 Å². The fraction of sp³-hybridized carbons (Fsp3) is 0.167. The summed E-state index contributed by atoms with van der Waals surface area (Å²) in [6.07, 6.45) is 3.27. The lowest BCUT2D eigenvalue weighted by atomic mass is 9.97. The van der Waals surface area contributed by atoms with Crippen molar-refractivity contribution in [2.75, 3.05) is 18.5 Å². The van der Waals surface area contributed by atoms with Gasteiger partial charge in [0.15, 0.2) is 0 Å². The molecule has 1 heterocycles. The SMILES string of the molecule is C=CCN1C(=O)c2ccccc2NC1c1c(OCCCc2ccccc2)ccc2ccccc12. The van der Waals surface area contributed by atoms with E-state index in [-0.39, 0.29) is 12.1 Å². The van der Waals surface area contributed by atoms with Gasteiger partial charge < -0.3 is 15.0 Å². The Morgan fingerprint density at radius 2 is 1.68 bits per heavy atom. The van der Waals surface area contributed by atoms with Crippen molar-refractivity contribution in [3.8, 4) is 5.75 Å². The maximum atomic E-state index is 13.5. The van der Waals surface area contributed by atoms with E-state index in [1.807, 2.05) is 53.4 Å². The van der Waals surface area contributed by atoms with Crippen LogP contribution in [0.25, 0.3) is 10.8 Å². The molecule has 0 aliphatic carbocycles. The van der Waals surface area contributed by atoms with Crippen LogP contribution in [0.1, 0.15) is 34.1 Å². The van der Waals surface area contributed by atoms with E-state index in [0.717, 1.165) is 40.6 Å². The third-order valence-corrected chi connectivity index (χ3v) is 6.26. The van der Waals surface area contributed by atoms with Gasteiger partial charge in [-0.1, -0.05) is 78.9 Å². The second kappa shape index (κ2) is 9.84. The molecule has 0 saturated heterocycles. The molecule has 1 aliphatic rings. The minimum atomic E-state index is -0.365.